The van der Waals surface area contributed by atoms with Crippen molar-refractivity contribution in [1.82, 2.24) is 0 Å². The van der Waals surface area contributed by atoms with Crippen molar-refractivity contribution < 1.29 is 19.7 Å². The maximum absolute atomic E-state index is 13.5. The van der Waals surface area contributed by atoms with Gasteiger partial charge in [0.25, 0.3) is 0 Å². The van der Waals surface area contributed by atoms with E-state index < -0.39 is 5.60 Å². The largest absolute Gasteiger partial charge is 0.392 e. The Morgan fingerprint density at radius 2 is 1.97 bits per heavy atom. The Kier molecular flexibility index (Phi) is 5.20. The van der Waals surface area contributed by atoms with Crippen LogP contribution in [0, 0.1) is 51.8 Å². The van der Waals surface area contributed by atoms with Crippen LogP contribution in [0.25, 0.3) is 0 Å². The van der Waals surface area contributed by atoms with Gasteiger partial charge in [-0.05, 0) is 110 Å². The standard InChI is InChI=1S/C32H45NO4/c1-18(34)17-33-24-7-5-6-19(11-24)10-21-16-31-15-20(21)8-9-23(31)12-22-14-29(2)30(31,3)27(22)28-25(35)13-26(37-4)32(28,29)36/h5-7,11,18,20-23,26-28,33-34,36H,8-10,12-17H2,1-4H3/t18-,20+,21-,22+,23+,26+,27-,28+,29+,30-,31+,32+/m0/s1. The van der Waals surface area contributed by atoms with Gasteiger partial charge in [-0.15, -0.1) is 0 Å². The number of ketones is 1. The summed E-state index contributed by atoms with van der Waals surface area (Å²) in [7, 11) is 1.69. The average molecular weight is 508 g/mol. The second-order valence-corrected chi connectivity index (χ2v) is 14.5. The topological polar surface area (TPSA) is 78.8 Å². The van der Waals surface area contributed by atoms with Gasteiger partial charge in [-0.3, -0.25) is 4.79 Å². The van der Waals surface area contributed by atoms with Crippen LogP contribution in [0.15, 0.2) is 24.3 Å². The fourth-order valence-corrected chi connectivity index (χ4v) is 12.2. The molecule has 7 rings (SSSR count). The molecular formula is C32H45NO4. The molecule has 0 aliphatic heterocycles. The Bertz CT molecular complexity index is 1120. The summed E-state index contributed by atoms with van der Waals surface area (Å²) in [6.07, 6.45) is 8.21. The summed E-state index contributed by atoms with van der Waals surface area (Å²) in [6, 6.07) is 8.77. The fraction of sp³-hybridized carbons (Fsp3) is 0.781. The quantitative estimate of drug-likeness (QED) is 0.513. The van der Waals surface area contributed by atoms with Gasteiger partial charge in [0.05, 0.1) is 18.1 Å². The van der Waals surface area contributed by atoms with Crippen LogP contribution in [0.4, 0.5) is 5.69 Å². The summed E-state index contributed by atoms with van der Waals surface area (Å²) in [5.41, 5.74) is 1.37. The number of carbonyl (C=O) groups is 1. The minimum atomic E-state index is -1.02. The van der Waals surface area contributed by atoms with E-state index in [1.807, 2.05) is 6.92 Å². The van der Waals surface area contributed by atoms with Gasteiger partial charge in [0, 0.05) is 31.2 Å². The molecule has 0 saturated heterocycles. The molecule has 0 radical (unpaired) electrons. The van der Waals surface area contributed by atoms with E-state index in [2.05, 4.69) is 43.4 Å². The van der Waals surface area contributed by atoms with E-state index in [4.69, 9.17) is 4.74 Å². The smallest absolute Gasteiger partial charge is 0.141 e. The average Bonchev–Trinajstić information content (AvgIpc) is 3.42. The van der Waals surface area contributed by atoms with Gasteiger partial charge < -0.3 is 20.3 Å². The number of nitrogens with one attached hydrogen (secondary N) is 1. The number of ether oxygens (including phenoxy) is 1. The Morgan fingerprint density at radius 3 is 2.73 bits per heavy atom. The van der Waals surface area contributed by atoms with Crippen LogP contribution in [-0.2, 0) is 16.0 Å². The first-order chi connectivity index (χ1) is 17.6. The van der Waals surface area contributed by atoms with Crippen LogP contribution in [0.2, 0.25) is 0 Å². The lowest BCUT2D eigenvalue weighted by Gasteiger charge is -2.61. The van der Waals surface area contributed by atoms with Crippen molar-refractivity contribution in [3.63, 3.8) is 0 Å². The van der Waals surface area contributed by atoms with E-state index in [1.165, 1.54) is 37.7 Å². The van der Waals surface area contributed by atoms with Crippen molar-refractivity contribution in [2.45, 2.75) is 89.9 Å². The van der Waals surface area contributed by atoms with E-state index in [-0.39, 0.29) is 40.2 Å². The molecule has 37 heavy (non-hydrogen) atoms. The molecule has 3 N–H and O–H groups in total. The highest BCUT2D eigenvalue weighted by molar-refractivity contribution is 5.88. The lowest BCUT2D eigenvalue weighted by molar-refractivity contribution is -0.192. The second-order valence-electron chi connectivity index (χ2n) is 14.5. The first-order valence-corrected chi connectivity index (χ1v) is 14.9. The highest BCUT2D eigenvalue weighted by atomic mass is 16.5. The number of aliphatic hydroxyl groups is 2. The van der Waals surface area contributed by atoms with Gasteiger partial charge in [-0.1, -0.05) is 26.0 Å². The normalized spacial score (nSPS) is 51.7. The highest BCUT2D eigenvalue weighted by Crippen LogP contribution is 2.88. The third-order valence-electron chi connectivity index (χ3n) is 13.5. The Hall–Kier alpha value is -1.43. The Labute approximate surface area is 221 Å². The minimum Gasteiger partial charge on any atom is -0.392 e. The monoisotopic (exact) mass is 507 g/mol. The van der Waals surface area contributed by atoms with Gasteiger partial charge in [-0.2, -0.15) is 0 Å². The molecule has 1 aromatic rings. The van der Waals surface area contributed by atoms with E-state index >= 15 is 0 Å². The number of hydrogen-bond acceptors (Lipinski definition) is 5. The zero-order valence-corrected chi connectivity index (χ0v) is 23.0. The van der Waals surface area contributed by atoms with Crippen molar-refractivity contribution >= 4 is 11.5 Å². The molecule has 6 bridgehead atoms. The predicted octanol–water partition coefficient (Wildman–Crippen LogP) is 4.85. The van der Waals surface area contributed by atoms with Gasteiger partial charge in [0.1, 0.15) is 11.4 Å². The molecule has 5 nitrogen and oxygen atoms in total. The van der Waals surface area contributed by atoms with Crippen molar-refractivity contribution in [3.05, 3.63) is 29.8 Å². The summed E-state index contributed by atoms with van der Waals surface area (Å²) >= 11 is 0. The summed E-state index contributed by atoms with van der Waals surface area (Å²) in [6.45, 7) is 7.25. The molecule has 1 spiro atoms. The number of anilines is 1. The molecule has 5 heteroatoms. The maximum atomic E-state index is 13.5. The summed E-state index contributed by atoms with van der Waals surface area (Å²) < 4.78 is 5.88. The minimum absolute atomic E-state index is 0.0199. The van der Waals surface area contributed by atoms with E-state index in [0.717, 1.165) is 30.4 Å². The molecule has 12 atom stereocenters. The number of hydrogen-bond donors (Lipinski definition) is 3. The van der Waals surface area contributed by atoms with Crippen molar-refractivity contribution in [1.29, 1.82) is 0 Å². The summed E-state index contributed by atoms with van der Waals surface area (Å²) in [5.74, 6) is 3.00. The molecule has 202 valence electrons. The predicted molar refractivity (Wildman–Crippen MR) is 143 cm³/mol. The van der Waals surface area contributed by atoms with E-state index in [1.54, 1.807) is 7.11 Å². The first kappa shape index (κ1) is 24.6. The van der Waals surface area contributed by atoms with Crippen LogP contribution in [0.3, 0.4) is 0 Å². The molecule has 6 aliphatic carbocycles. The molecule has 6 aliphatic rings. The van der Waals surface area contributed by atoms with Gasteiger partial charge in [0.15, 0.2) is 0 Å². The van der Waals surface area contributed by atoms with E-state index in [9.17, 15) is 15.0 Å². The van der Waals surface area contributed by atoms with Crippen LogP contribution >= 0.6 is 0 Å². The molecule has 0 heterocycles. The summed E-state index contributed by atoms with van der Waals surface area (Å²) in [5, 5.41) is 25.5. The number of carbonyl (C=O) groups excluding carboxylic acids is 1. The molecule has 1 aromatic carbocycles. The molecule has 6 fully saturated rings. The molecule has 0 unspecified atom stereocenters. The fourth-order valence-electron chi connectivity index (χ4n) is 12.2. The molecule has 0 aromatic heterocycles. The Balaban J connectivity index is 1.23. The number of aliphatic hydroxyl groups excluding tert-OH is 1. The zero-order valence-electron chi connectivity index (χ0n) is 23.0. The first-order valence-electron chi connectivity index (χ1n) is 14.9. The van der Waals surface area contributed by atoms with Crippen LogP contribution < -0.4 is 5.32 Å². The molecule has 6 saturated carbocycles. The second kappa shape index (κ2) is 7.82. The van der Waals surface area contributed by atoms with Crippen LogP contribution in [0.5, 0.6) is 0 Å². The van der Waals surface area contributed by atoms with Crippen LogP contribution in [-0.4, -0.2) is 47.5 Å². The molecular weight excluding hydrogens is 462 g/mol. The van der Waals surface area contributed by atoms with E-state index in [0.29, 0.717) is 30.7 Å². The lowest BCUT2D eigenvalue weighted by Crippen LogP contribution is -2.60. The maximum Gasteiger partial charge on any atom is 0.141 e. The highest BCUT2D eigenvalue weighted by Gasteiger charge is 2.88. The van der Waals surface area contributed by atoms with Gasteiger partial charge in [0.2, 0.25) is 0 Å². The van der Waals surface area contributed by atoms with Crippen molar-refractivity contribution in [2.75, 3.05) is 19.0 Å². The number of fused-ring (bicyclic) bond motifs is 3. The van der Waals surface area contributed by atoms with Crippen molar-refractivity contribution in [2.24, 2.45) is 51.8 Å². The third-order valence-corrected chi connectivity index (χ3v) is 13.5. The number of rotatable bonds is 6. The summed E-state index contributed by atoms with van der Waals surface area (Å²) in [4.78, 5) is 13.5. The zero-order chi connectivity index (χ0) is 26.0. The Morgan fingerprint density at radius 1 is 1.16 bits per heavy atom. The third kappa shape index (κ3) is 2.79. The van der Waals surface area contributed by atoms with Gasteiger partial charge >= 0.3 is 0 Å². The van der Waals surface area contributed by atoms with Crippen molar-refractivity contribution in [3.8, 4) is 0 Å². The number of methoxy groups -OCH3 is 1. The number of Topliss-reactive ketones (excluding diaryl/α,β-unsaturated/α-hetero) is 1. The number of benzene rings is 1. The SMILES string of the molecule is CO[C@@H]1CC(=O)[C@@H]2[C@@H]3[C@@H]4C[C@H]5CC[C@@H]6C[C@]5(C[C@@H]6Cc5cccc(NC[C@H](C)O)c5)[C@]3(C)[C@@](C)(C4)[C@]21O. The van der Waals surface area contributed by atoms with Gasteiger partial charge in [-0.25, -0.2) is 0 Å². The lowest BCUT2D eigenvalue weighted by atomic mass is 9.43. The molecule has 0 amide bonds. The van der Waals surface area contributed by atoms with Crippen LogP contribution in [0.1, 0.15) is 71.3 Å².